The van der Waals surface area contributed by atoms with E-state index in [-0.39, 0.29) is 5.43 Å². The third-order valence-electron chi connectivity index (χ3n) is 1.61. The van der Waals surface area contributed by atoms with Crippen molar-refractivity contribution in [1.29, 1.82) is 5.26 Å². The Hall–Kier alpha value is -1.60. The van der Waals surface area contributed by atoms with Gasteiger partial charge in [-0.3, -0.25) is 4.79 Å². The molecule has 0 unspecified atom stereocenters. The van der Waals surface area contributed by atoms with Crippen LogP contribution in [0.2, 0.25) is 0 Å². The molecule has 0 amide bonds. The summed E-state index contributed by atoms with van der Waals surface area (Å²) in [5.41, 5.74) is 0.360. The van der Waals surface area contributed by atoms with Gasteiger partial charge in [-0.2, -0.15) is 5.26 Å². The summed E-state index contributed by atoms with van der Waals surface area (Å²) in [4.78, 5) is 14.9. The van der Waals surface area contributed by atoms with Crippen LogP contribution in [0.1, 0.15) is 5.56 Å². The molecular weight excluding hydrogens is 172 g/mol. The number of aromatic amines is 1. The first-order valence-corrected chi connectivity index (χ1v) is 4.20. The second-order valence-corrected chi connectivity index (χ2v) is 3.19. The summed E-state index contributed by atoms with van der Waals surface area (Å²) < 4.78 is 0. The highest BCUT2D eigenvalue weighted by atomic mass is 32.1. The van der Waals surface area contributed by atoms with Crippen molar-refractivity contribution in [2.75, 3.05) is 0 Å². The molecule has 0 aliphatic carbocycles. The van der Waals surface area contributed by atoms with E-state index in [0.717, 1.165) is 4.83 Å². The van der Waals surface area contributed by atoms with Crippen LogP contribution < -0.4 is 5.43 Å². The van der Waals surface area contributed by atoms with Crippen LogP contribution in [0.3, 0.4) is 0 Å². The van der Waals surface area contributed by atoms with E-state index in [1.807, 2.05) is 6.07 Å². The van der Waals surface area contributed by atoms with Gasteiger partial charge in [0.15, 0.2) is 5.43 Å². The van der Waals surface area contributed by atoms with E-state index in [2.05, 4.69) is 4.98 Å². The lowest BCUT2D eigenvalue weighted by molar-refractivity contribution is 1.42. The van der Waals surface area contributed by atoms with Crippen LogP contribution in [-0.4, -0.2) is 4.98 Å². The van der Waals surface area contributed by atoms with Crippen molar-refractivity contribution in [3.8, 4) is 6.07 Å². The molecule has 0 spiro atoms. The van der Waals surface area contributed by atoms with Crippen molar-refractivity contribution in [3.63, 3.8) is 0 Å². The Morgan fingerprint density at radius 3 is 3.17 bits per heavy atom. The molecule has 4 heteroatoms. The highest BCUT2D eigenvalue weighted by Gasteiger charge is 2.05. The molecule has 0 bridgehead atoms. The Kier molecular flexibility index (Phi) is 1.45. The Morgan fingerprint density at radius 1 is 1.58 bits per heavy atom. The molecule has 0 aliphatic heterocycles. The van der Waals surface area contributed by atoms with Gasteiger partial charge in [-0.05, 0) is 0 Å². The minimum Gasteiger partial charge on any atom is -0.353 e. The second kappa shape index (κ2) is 2.47. The van der Waals surface area contributed by atoms with Crippen LogP contribution in [0, 0.1) is 11.3 Å². The highest BCUT2D eigenvalue weighted by Crippen LogP contribution is 2.19. The number of thiophene rings is 1. The monoisotopic (exact) mass is 176 g/mol. The number of H-pyrrole nitrogens is 1. The maximum atomic E-state index is 11.3. The highest BCUT2D eigenvalue weighted by molar-refractivity contribution is 7.17. The van der Waals surface area contributed by atoms with E-state index < -0.39 is 0 Å². The lowest BCUT2D eigenvalue weighted by Crippen LogP contribution is -1.98. The zero-order chi connectivity index (χ0) is 8.55. The average molecular weight is 176 g/mol. The van der Waals surface area contributed by atoms with E-state index in [9.17, 15) is 4.79 Å². The van der Waals surface area contributed by atoms with Crippen molar-refractivity contribution in [1.82, 2.24) is 4.98 Å². The van der Waals surface area contributed by atoms with Crippen LogP contribution in [-0.2, 0) is 0 Å². The Bertz CT molecular complexity index is 518. The first-order valence-electron chi connectivity index (χ1n) is 3.32. The number of rotatable bonds is 0. The van der Waals surface area contributed by atoms with Gasteiger partial charge in [0, 0.05) is 17.6 Å². The SMILES string of the molecule is N#Cc1csc2[nH]ccc(=O)c12. The number of pyridine rings is 1. The van der Waals surface area contributed by atoms with Gasteiger partial charge >= 0.3 is 0 Å². The fourth-order valence-corrected chi connectivity index (χ4v) is 1.94. The fourth-order valence-electron chi connectivity index (χ4n) is 1.07. The summed E-state index contributed by atoms with van der Waals surface area (Å²) in [6, 6.07) is 3.41. The minimum atomic E-state index is -0.0958. The van der Waals surface area contributed by atoms with Crippen LogP contribution in [0.4, 0.5) is 0 Å². The second-order valence-electron chi connectivity index (χ2n) is 2.31. The molecule has 2 aromatic rings. The molecule has 12 heavy (non-hydrogen) atoms. The van der Waals surface area contributed by atoms with Gasteiger partial charge in [-0.1, -0.05) is 0 Å². The van der Waals surface area contributed by atoms with Gasteiger partial charge in [-0.15, -0.1) is 11.3 Å². The molecular formula is C8H4N2OS. The third-order valence-corrected chi connectivity index (χ3v) is 2.52. The largest absolute Gasteiger partial charge is 0.353 e. The van der Waals surface area contributed by atoms with Gasteiger partial charge in [0.2, 0.25) is 0 Å². The molecule has 2 rings (SSSR count). The maximum Gasteiger partial charge on any atom is 0.191 e. The minimum absolute atomic E-state index is 0.0958. The predicted octanol–water partition coefficient (Wildman–Crippen LogP) is 1.46. The van der Waals surface area contributed by atoms with Crippen LogP contribution in [0.25, 0.3) is 10.2 Å². The third kappa shape index (κ3) is 0.840. The van der Waals surface area contributed by atoms with Gasteiger partial charge < -0.3 is 4.98 Å². The normalized spacial score (nSPS) is 9.92. The first kappa shape index (κ1) is 7.07. The molecule has 0 fully saturated rings. The Labute approximate surface area is 71.9 Å². The van der Waals surface area contributed by atoms with Crippen molar-refractivity contribution >= 4 is 21.6 Å². The maximum absolute atomic E-state index is 11.3. The van der Waals surface area contributed by atoms with Crippen molar-refractivity contribution in [2.45, 2.75) is 0 Å². The van der Waals surface area contributed by atoms with Gasteiger partial charge in [0.1, 0.15) is 10.9 Å². The Balaban J connectivity index is 3.05. The van der Waals surface area contributed by atoms with Crippen molar-refractivity contribution < 1.29 is 0 Å². The lowest BCUT2D eigenvalue weighted by atomic mass is 10.2. The summed E-state index contributed by atoms with van der Waals surface area (Å²) in [6.45, 7) is 0. The molecule has 0 saturated carbocycles. The number of fused-ring (bicyclic) bond motifs is 1. The van der Waals surface area contributed by atoms with Crippen LogP contribution >= 0.6 is 11.3 Å². The standard InChI is InChI=1S/C8H4N2OS/c9-3-5-4-12-8-7(5)6(11)1-2-10-8/h1-2,4H,(H,10,11). The number of nitrogens with zero attached hydrogens (tertiary/aromatic N) is 1. The molecule has 0 atom stereocenters. The van der Waals surface area contributed by atoms with Crippen molar-refractivity contribution in [3.05, 3.63) is 33.4 Å². The predicted molar refractivity (Wildman–Crippen MR) is 47.2 cm³/mol. The van der Waals surface area contributed by atoms with E-state index in [1.54, 1.807) is 11.6 Å². The summed E-state index contributed by atoms with van der Waals surface area (Å²) in [7, 11) is 0. The van der Waals surface area contributed by atoms with E-state index in [1.165, 1.54) is 17.4 Å². The quantitative estimate of drug-likeness (QED) is 0.660. The number of hydrogen-bond donors (Lipinski definition) is 1. The number of aromatic nitrogens is 1. The Morgan fingerprint density at radius 2 is 2.42 bits per heavy atom. The van der Waals surface area contributed by atoms with Crippen molar-refractivity contribution in [2.24, 2.45) is 0 Å². The van der Waals surface area contributed by atoms with Gasteiger partial charge in [0.25, 0.3) is 0 Å². The lowest BCUT2D eigenvalue weighted by Gasteiger charge is -1.86. The molecule has 3 nitrogen and oxygen atoms in total. The van der Waals surface area contributed by atoms with E-state index >= 15 is 0 Å². The molecule has 2 heterocycles. The van der Waals surface area contributed by atoms with Gasteiger partial charge in [0.05, 0.1) is 10.9 Å². The molecule has 0 aromatic carbocycles. The molecule has 0 radical (unpaired) electrons. The van der Waals surface area contributed by atoms with E-state index in [4.69, 9.17) is 5.26 Å². The molecule has 58 valence electrons. The first-order chi connectivity index (χ1) is 5.83. The zero-order valence-corrected chi connectivity index (χ0v) is 6.81. The van der Waals surface area contributed by atoms with Crippen LogP contribution in [0.5, 0.6) is 0 Å². The summed E-state index contributed by atoms with van der Waals surface area (Å²) in [6.07, 6.45) is 1.59. The van der Waals surface area contributed by atoms with Crippen LogP contribution in [0.15, 0.2) is 22.4 Å². The average Bonchev–Trinajstić information content (AvgIpc) is 2.49. The molecule has 0 aliphatic rings. The molecule has 0 saturated heterocycles. The molecule has 1 N–H and O–H groups in total. The fraction of sp³-hybridized carbons (Fsp3) is 0. The number of nitriles is 1. The smallest absolute Gasteiger partial charge is 0.191 e. The summed E-state index contributed by atoms with van der Waals surface area (Å²) >= 11 is 1.37. The zero-order valence-electron chi connectivity index (χ0n) is 6.00. The number of nitrogens with one attached hydrogen (secondary N) is 1. The number of hydrogen-bond acceptors (Lipinski definition) is 3. The van der Waals surface area contributed by atoms with E-state index in [0.29, 0.717) is 10.9 Å². The molecule has 2 aromatic heterocycles. The van der Waals surface area contributed by atoms with Gasteiger partial charge in [-0.25, -0.2) is 0 Å². The summed E-state index contributed by atoms with van der Waals surface area (Å²) in [5.74, 6) is 0. The topological polar surface area (TPSA) is 56.6 Å². The summed E-state index contributed by atoms with van der Waals surface area (Å²) in [5, 5.41) is 10.8.